The lowest BCUT2D eigenvalue weighted by Crippen LogP contribution is -2.45. The van der Waals surface area contributed by atoms with Gasteiger partial charge in [-0.25, -0.2) is 14.6 Å². The van der Waals surface area contributed by atoms with Crippen molar-refractivity contribution < 1.29 is 37.0 Å². The summed E-state index contributed by atoms with van der Waals surface area (Å²) in [5.41, 5.74) is -1.73. The smallest absolute Gasteiger partial charge is 0.437 e. The number of nitrogens with one attached hydrogen (secondary N) is 1. The number of ether oxygens (including phenoxy) is 3. The van der Waals surface area contributed by atoms with Crippen LogP contribution in [-0.4, -0.2) is 42.9 Å². The summed E-state index contributed by atoms with van der Waals surface area (Å²) in [6.07, 6.45) is -4.74. The van der Waals surface area contributed by atoms with Gasteiger partial charge in [0.15, 0.2) is 5.69 Å². The Labute approximate surface area is 148 Å². The maximum absolute atomic E-state index is 12.9. The van der Waals surface area contributed by atoms with Crippen molar-refractivity contribution in [3.63, 3.8) is 0 Å². The largest absolute Gasteiger partial charge is 0.494 e. The van der Waals surface area contributed by atoms with Crippen LogP contribution in [0, 0.1) is 0 Å². The average Bonchev–Trinajstić information content (AvgIpc) is 2.50. The number of carbonyl (C=O) groups is 2. The van der Waals surface area contributed by atoms with Crippen LogP contribution >= 0.6 is 0 Å². The predicted molar refractivity (Wildman–Crippen MR) is 84.7 cm³/mol. The van der Waals surface area contributed by atoms with Gasteiger partial charge in [-0.2, -0.15) is 13.2 Å². The van der Waals surface area contributed by atoms with E-state index in [9.17, 15) is 22.8 Å². The molecule has 26 heavy (non-hydrogen) atoms. The van der Waals surface area contributed by atoms with Crippen LogP contribution in [0.4, 0.5) is 18.0 Å². The van der Waals surface area contributed by atoms with Crippen molar-refractivity contribution in [3.05, 3.63) is 23.5 Å². The summed E-state index contributed by atoms with van der Waals surface area (Å²) in [5.74, 6) is -1.27. The van der Waals surface area contributed by atoms with Crippen LogP contribution in [-0.2, 0) is 26.9 Å². The summed E-state index contributed by atoms with van der Waals surface area (Å²) in [7, 11) is 2.20. The van der Waals surface area contributed by atoms with Gasteiger partial charge >= 0.3 is 18.2 Å². The number of halogens is 3. The second kappa shape index (κ2) is 8.24. The van der Waals surface area contributed by atoms with E-state index in [1.54, 1.807) is 20.8 Å². The van der Waals surface area contributed by atoms with Crippen LogP contribution in [0.3, 0.4) is 0 Å². The first-order chi connectivity index (χ1) is 11.9. The van der Waals surface area contributed by atoms with Crippen LogP contribution in [0.15, 0.2) is 12.3 Å². The molecular weight excluding hydrogens is 357 g/mol. The molecule has 0 bridgehead atoms. The molecule has 1 rings (SSSR count). The molecular formula is C16H21F3N2O5. The number of nitrogens with zero attached hydrogens (tertiary/aromatic N) is 1. The van der Waals surface area contributed by atoms with Gasteiger partial charge in [0, 0.05) is 12.6 Å². The number of amides is 1. The third-order valence-corrected chi connectivity index (χ3v) is 3.01. The molecule has 7 nitrogen and oxygen atoms in total. The van der Waals surface area contributed by atoms with E-state index in [2.05, 4.69) is 15.0 Å². The van der Waals surface area contributed by atoms with Crippen molar-refractivity contribution in [2.75, 3.05) is 14.2 Å². The quantitative estimate of drug-likeness (QED) is 0.793. The Balaban J connectivity index is 3.02. The lowest BCUT2D eigenvalue weighted by molar-refractivity contribution is -0.143. The third kappa shape index (κ3) is 6.41. The molecule has 0 saturated heterocycles. The monoisotopic (exact) mass is 378 g/mol. The molecule has 1 N–H and O–H groups in total. The highest BCUT2D eigenvalue weighted by Gasteiger charge is 2.36. The fourth-order valence-corrected chi connectivity index (χ4v) is 1.99. The Morgan fingerprint density at radius 2 is 1.85 bits per heavy atom. The second-order valence-electron chi connectivity index (χ2n) is 6.32. The number of pyridine rings is 1. The molecule has 1 atom stereocenters. The van der Waals surface area contributed by atoms with E-state index < -0.39 is 41.3 Å². The molecule has 0 aliphatic rings. The minimum atomic E-state index is -4.68. The van der Waals surface area contributed by atoms with Crippen LogP contribution in [0.2, 0.25) is 0 Å². The zero-order valence-electron chi connectivity index (χ0n) is 15.1. The zero-order valence-corrected chi connectivity index (χ0v) is 15.1. The first kappa shape index (κ1) is 21.5. The lowest BCUT2D eigenvalue weighted by atomic mass is 10.1. The Morgan fingerprint density at radius 1 is 1.23 bits per heavy atom. The van der Waals surface area contributed by atoms with Gasteiger partial charge in [-0.05, 0) is 32.4 Å². The molecule has 0 aliphatic carbocycles. The number of hydrogen-bond acceptors (Lipinski definition) is 6. The minimum Gasteiger partial charge on any atom is -0.494 e. The van der Waals surface area contributed by atoms with Gasteiger partial charge < -0.3 is 19.5 Å². The number of hydrogen-bond donors (Lipinski definition) is 1. The molecule has 0 fully saturated rings. The van der Waals surface area contributed by atoms with Crippen LogP contribution < -0.4 is 10.1 Å². The van der Waals surface area contributed by atoms with E-state index in [1.165, 1.54) is 0 Å². The Morgan fingerprint density at radius 3 is 2.31 bits per heavy atom. The van der Waals surface area contributed by atoms with Crippen molar-refractivity contribution in [2.24, 2.45) is 0 Å². The summed E-state index contributed by atoms with van der Waals surface area (Å²) in [5, 5.41) is 2.33. The highest BCUT2D eigenvalue weighted by Crippen LogP contribution is 2.34. The number of alkyl carbamates (subject to hydrolysis) is 1. The summed E-state index contributed by atoms with van der Waals surface area (Å²) >= 11 is 0. The summed E-state index contributed by atoms with van der Waals surface area (Å²) in [4.78, 5) is 27.1. The molecule has 1 heterocycles. The predicted octanol–water partition coefficient (Wildman–Crippen LogP) is 2.72. The molecule has 0 aliphatic heterocycles. The van der Waals surface area contributed by atoms with Crippen molar-refractivity contribution in [1.82, 2.24) is 10.3 Å². The molecule has 0 spiro atoms. The SMILES string of the molecule is COC(=O)[C@H](Cc1cnc(C(F)(F)F)c(OC)c1)NC(=O)OC(C)(C)C. The number of methoxy groups -OCH3 is 2. The van der Waals surface area contributed by atoms with Crippen molar-refractivity contribution in [1.29, 1.82) is 0 Å². The van der Waals surface area contributed by atoms with E-state index in [4.69, 9.17) is 9.47 Å². The molecule has 0 unspecified atom stereocenters. The van der Waals surface area contributed by atoms with Crippen LogP contribution in [0.5, 0.6) is 5.75 Å². The van der Waals surface area contributed by atoms with Crippen LogP contribution in [0.25, 0.3) is 0 Å². The molecule has 10 heteroatoms. The number of esters is 1. The fourth-order valence-electron chi connectivity index (χ4n) is 1.99. The summed E-state index contributed by atoms with van der Waals surface area (Å²) in [6.45, 7) is 4.93. The molecule has 1 aromatic rings. The zero-order chi connectivity index (χ0) is 20.1. The fraction of sp³-hybridized carbons (Fsp3) is 0.562. The maximum Gasteiger partial charge on any atom is 0.437 e. The van der Waals surface area contributed by atoms with Gasteiger partial charge in [0.1, 0.15) is 17.4 Å². The number of alkyl halides is 3. The molecule has 146 valence electrons. The Bertz CT molecular complexity index is 656. The van der Waals surface area contributed by atoms with E-state index in [0.717, 1.165) is 26.5 Å². The third-order valence-electron chi connectivity index (χ3n) is 3.01. The van der Waals surface area contributed by atoms with Gasteiger partial charge in [-0.1, -0.05) is 0 Å². The Kier molecular flexibility index (Phi) is 6.82. The van der Waals surface area contributed by atoms with Crippen LogP contribution in [0.1, 0.15) is 32.0 Å². The van der Waals surface area contributed by atoms with Gasteiger partial charge in [0.05, 0.1) is 14.2 Å². The van der Waals surface area contributed by atoms with E-state index in [0.29, 0.717) is 0 Å². The molecule has 0 aromatic carbocycles. The van der Waals surface area contributed by atoms with Crippen molar-refractivity contribution in [2.45, 2.75) is 45.0 Å². The average molecular weight is 378 g/mol. The molecule has 0 radical (unpaired) electrons. The number of carbonyl (C=O) groups excluding carboxylic acids is 2. The van der Waals surface area contributed by atoms with Gasteiger partial charge in [0.2, 0.25) is 0 Å². The minimum absolute atomic E-state index is 0.159. The van der Waals surface area contributed by atoms with E-state index in [-0.39, 0.29) is 12.0 Å². The first-order valence-corrected chi connectivity index (χ1v) is 7.55. The van der Waals surface area contributed by atoms with E-state index in [1.807, 2.05) is 0 Å². The highest BCUT2D eigenvalue weighted by molar-refractivity contribution is 5.81. The maximum atomic E-state index is 12.9. The summed E-state index contributed by atoms with van der Waals surface area (Å²) in [6, 6.07) is -0.0687. The lowest BCUT2D eigenvalue weighted by Gasteiger charge is -2.22. The summed E-state index contributed by atoms with van der Waals surface area (Å²) < 4.78 is 52.9. The standard InChI is InChI=1S/C16H21F3N2O5/c1-15(2,3)26-14(23)21-10(13(22)25-5)6-9-7-11(24-4)12(20-8-9)16(17,18)19/h7-8,10H,6H2,1-5H3,(H,21,23)/t10-/m0/s1. The van der Waals surface area contributed by atoms with E-state index >= 15 is 0 Å². The first-order valence-electron chi connectivity index (χ1n) is 7.55. The number of rotatable bonds is 5. The van der Waals surface area contributed by atoms with Gasteiger partial charge in [-0.15, -0.1) is 0 Å². The van der Waals surface area contributed by atoms with Gasteiger partial charge in [0.25, 0.3) is 0 Å². The normalized spacial score (nSPS) is 12.9. The highest BCUT2D eigenvalue weighted by atomic mass is 19.4. The second-order valence-corrected chi connectivity index (χ2v) is 6.32. The van der Waals surface area contributed by atoms with Gasteiger partial charge in [-0.3, -0.25) is 0 Å². The van der Waals surface area contributed by atoms with Crippen molar-refractivity contribution in [3.8, 4) is 5.75 Å². The molecule has 0 saturated carbocycles. The number of aromatic nitrogens is 1. The Hall–Kier alpha value is -2.52. The van der Waals surface area contributed by atoms with Crippen molar-refractivity contribution >= 4 is 12.1 Å². The topological polar surface area (TPSA) is 86.8 Å². The molecule has 1 amide bonds. The molecule has 1 aromatic heterocycles.